The first-order valence-corrected chi connectivity index (χ1v) is 6.17. The second-order valence-corrected chi connectivity index (χ2v) is 4.64. The summed E-state index contributed by atoms with van der Waals surface area (Å²) in [6.07, 6.45) is 0. The number of nitrogens with one attached hydrogen (secondary N) is 2. The van der Waals surface area contributed by atoms with Crippen molar-refractivity contribution >= 4 is 17.4 Å². The van der Waals surface area contributed by atoms with Crippen LogP contribution in [-0.4, -0.2) is 16.7 Å². The first kappa shape index (κ1) is 14.0. The van der Waals surface area contributed by atoms with Crippen LogP contribution in [0.5, 0.6) is 0 Å². The van der Waals surface area contributed by atoms with E-state index in [4.69, 9.17) is 0 Å². The van der Waals surface area contributed by atoms with Gasteiger partial charge in [0, 0.05) is 16.9 Å². The van der Waals surface area contributed by atoms with Gasteiger partial charge in [0.15, 0.2) is 5.78 Å². The monoisotopic (exact) mass is 274 g/mol. The van der Waals surface area contributed by atoms with Crippen molar-refractivity contribution in [2.75, 3.05) is 5.32 Å². The fourth-order valence-corrected chi connectivity index (χ4v) is 2.23. The van der Waals surface area contributed by atoms with Crippen LogP contribution in [0.3, 0.4) is 0 Å². The number of ketones is 1. The Morgan fingerprint density at radius 3 is 2.25 bits per heavy atom. The van der Waals surface area contributed by atoms with Gasteiger partial charge >= 0.3 is 0 Å². The first-order valence-electron chi connectivity index (χ1n) is 6.17. The third-order valence-electron chi connectivity index (χ3n) is 3.12. The summed E-state index contributed by atoms with van der Waals surface area (Å²) in [7, 11) is 0. The van der Waals surface area contributed by atoms with E-state index in [0.717, 1.165) is 0 Å². The molecular weight excluding hydrogens is 259 g/mol. The highest BCUT2D eigenvalue weighted by Gasteiger charge is 2.19. The number of H-pyrrole nitrogens is 1. The van der Waals surface area contributed by atoms with Crippen molar-refractivity contribution < 1.29 is 14.0 Å². The van der Waals surface area contributed by atoms with Gasteiger partial charge in [0.2, 0.25) is 0 Å². The topological polar surface area (TPSA) is 62.0 Å². The van der Waals surface area contributed by atoms with Crippen molar-refractivity contribution in [3.63, 3.8) is 0 Å². The van der Waals surface area contributed by atoms with Crippen LogP contribution in [0.15, 0.2) is 24.3 Å². The van der Waals surface area contributed by atoms with Gasteiger partial charge in [-0.25, -0.2) is 4.39 Å². The van der Waals surface area contributed by atoms with Crippen LogP contribution in [0.1, 0.15) is 39.0 Å². The Bertz CT molecular complexity index is 672. The lowest BCUT2D eigenvalue weighted by atomic mass is 10.1. The lowest BCUT2D eigenvalue weighted by Gasteiger charge is -2.04. The van der Waals surface area contributed by atoms with Crippen LogP contribution < -0.4 is 5.32 Å². The molecule has 4 nitrogen and oxygen atoms in total. The Morgan fingerprint density at radius 2 is 1.75 bits per heavy atom. The average Bonchev–Trinajstić information content (AvgIpc) is 2.67. The van der Waals surface area contributed by atoms with E-state index < -0.39 is 0 Å². The SMILES string of the molecule is CC(=O)c1c(C)[nH]c(C(=O)Nc2ccc(F)cc2)c1C. The third kappa shape index (κ3) is 2.61. The van der Waals surface area contributed by atoms with Gasteiger partial charge in [-0.05, 0) is 50.6 Å². The van der Waals surface area contributed by atoms with Crippen LogP contribution in [0.4, 0.5) is 10.1 Å². The minimum atomic E-state index is -0.367. The van der Waals surface area contributed by atoms with Gasteiger partial charge < -0.3 is 10.3 Å². The molecule has 0 aliphatic rings. The predicted octanol–water partition coefficient (Wildman–Crippen LogP) is 3.23. The summed E-state index contributed by atoms with van der Waals surface area (Å²) < 4.78 is 12.8. The quantitative estimate of drug-likeness (QED) is 0.844. The highest BCUT2D eigenvalue weighted by Crippen LogP contribution is 2.19. The van der Waals surface area contributed by atoms with Crippen molar-refractivity contribution in [2.45, 2.75) is 20.8 Å². The van der Waals surface area contributed by atoms with Gasteiger partial charge in [0.1, 0.15) is 11.5 Å². The van der Waals surface area contributed by atoms with E-state index in [1.807, 2.05) is 0 Å². The summed E-state index contributed by atoms with van der Waals surface area (Å²) in [5.74, 6) is -0.810. The van der Waals surface area contributed by atoms with E-state index in [0.29, 0.717) is 28.2 Å². The van der Waals surface area contributed by atoms with Gasteiger partial charge in [0.25, 0.3) is 5.91 Å². The van der Waals surface area contributed by atoms with E-state index in [-0.39, 0.29) is 17.5 Å². The molecule has 2 N–H and O–H groups in total. The molecule has 1 amide bonds. The van der Waals surface area contributed by atoms with Gasteiger partial charge in [-0.1, -0.05) is 0 Å². The van der Waals surface area contributed by atoms with Crippen LogP contribution in [0, 0.1) is 19.7 Å². The molecule has 0 saturated heterocycles. The maximum absolute atomic E-state index is 12.8. The van der Waals surface area contributed by atoms with Crippen LogP contribution in [0.2, 0.25) is 0 Å². The Balaban J connectivity index is 2.28. The van der Waals surface area contributed by atoms with Crippen molar-refractivity contribution in [1.29, 1.82) is 0 Å². The molecule has 1 aromatic heterocycles. The fraction of sp³-hybridized carbons (Fsp3) is 0.200. The van der Waals surface area contributed by atoms with Gasteiger partial charge in [0.05, 0.1) is 0 Å². The number of hydrogen-bond acceptors (Lipinski definition) is 2. The Morgan fingerprint density at radius 1 is 1.15 bits per heavy atom. The molecular formula is C15H15FN2O2. The largest absolute Gasteiger partial charge is 0.354 e. The number of halogens is 1. The molecule has 0 atom stereocenters. The minimum Gasteiger partial charge on any atom is -0.354 e. The number of rotatable bonds is 3. The molecule has 1 aromatic carbocycles. The van der Waals surface area contributed by atoms with E-state index in [1.165, 1.54) is 31.2 Å². The number of aromatic amines is 1. The maximum atomic E-state index is 12.8. The predicted molar refractivity (Wildman–Crippen MR) is 74.6 cm³/mol. The summed E-state index contributed by atoms with van der Waals surface area (Å²) in [5, 5.41) is 2.66. The van der Waals surface area contributed by atoms with Crippen molar-refractivity contribution in [2.24, 2.45) is 0 Å². The Kier molecular flexibility index (Phi) is 3.70. The lowest BCUT2D eigenvalue weighted by molar-refractivity contribution is 0.101. The zero-order valence-electron chi connectivity index (χ0n) is 11.5. The van der Waals surface area contributed by atoms with E-state index in [1.54, 1.807) is 13.8 Å². The Labute approximate surface area is 116 Å². The maximum Gasteiger partial charge on any atom is 0.272 e. The summed E-state index contributed by atoms with van der Waals surface area (Å²) in [6.45, 7) is 4.93. The second kappa shape index (κ2) is 5.28. The summed E-state index contributed by atoms with van der Waals surface area (Å²) in [4.78, 5) is 26.6. The molecule has 1 heterocycles. The lowest BCUT2D eigenvalue weighted by Crippen LogP contribution is -2.13. The minimum absolute atomic E-state index is 0.0860. The third-order valence-corrected chi connectivity index (χ3v) is 3.12. The first-order chi connectivity index (χ1) is 9.40. The van der Waals surface area contributed by atoms with Crippen molar-refractivity contribution in [1.82, 2.24) is 4.98 Å². The molecule has 0 radical (unpaired) electrons. The normalized spacial score (nSPS) is 10.4. The van der Waals surface area contributed by atoms with E-state index in [9.17, 15) is 14.0 Å². The number of hydrogen-bond donors (Lipinski definition) is 2. The molecule has 2 aromatic rings. The highest BCUT2D eigenvalue weighted by molar-refractivity contribution is 6.07. The zero-order chi connectivity index (χ0) is 14.9. The molecule has 0 fully saturated rings. The van der Waals surface area contributed by atoms with Crippen LogP contribution in [-0.2, 0) is 0 Å². The summed E-state index contributed by atoms with van der Waals surface area (Å²) in [6, 6.07) is 5.49. The fourth-order valence-electron chi connectivity index (χ4n) is 2.23. The molecule has 0 aliphatic heterocycles. The highest BCUT2D eigenvalue weighted by atomic mass is 19.1. The van der Waals surface area contributed by atoms with Crippen molar-refractivity contribution in [3.05, 3.63) is 52.6 Å². The van der Waals surface area contributed by atoms with Crippen LogP contribution >= 0.6 is 0 Å². The molecule has 104 valence electrons. The molecule has 0 unspecified atom stereocenters. The summed E-state index contributed by atoms with van der Waals surface area (Å²) in [5.41, 5.74) is 2.66. The molecule has 20 heavy (non-hydrogen) atoms. The number of aryl methyl sites for hydroxylation is 1. The van der Waals surface area contributed by atoms with Gasteiger partial charge in [-0.2, -0.15) is 0 Å². The number of aromatic nitrogens is 1. The molecule has 0 spiro atoms. The van der Waals surface area contributed by atoms with Gasteiger partial charge in [-0.3, -0.25) is 9.59 Å². The van der Waals surface area contributed by atoms with Crippen molar-refractivity contribution in [3.8, 4) is 0 Å². The van der Waals surface area contributed by atoms with Crippen LogP contribution in [0.25, 0.3) is 0 Å². The number of benzene rings is 1. The Hall–Kier alpha value is -2.43. The number of carbonyl (C=O) groups is 2. The number of Topliss-reactive ketones (excluding diaryl/α,β-unsaturated/α-hetero) is 1. The molecule has 5 heteroatoms. The number of anilines is 1. The molecule has 0 aliphatic carbocycles. The van der Waals surface area contributed by atoms with E-state index in [2.05, 4.69) is 10.3 Å². The second-order valence-electron chi connectivity index (χ2n) is 4.64. The molecule has 0 bridgehead atoms. The number of carbonyl (C=O) groups excluding carboxylic acids is 2. The summed E-state index contributed by atoms with van der Waals surface area (Å²) >= 11 is 0. The number of amides is 1. The average molecular weight is 274 g/mol. The van der Waals surface area contributed by atoms with Gasteiger partial charge in [-0.15, -0.1) is 0 Å². The molecule has 0 saturated carbocycles. The smallest absolute Gasteiger partial charge is 0.272 e. The molecule has 2 rings (SSSR count). The zero-order valence-corrected chi connectivity index (χ0v) is 11.5. The van der Waals surface area contributed by atoms with E-state index >= 15 is 0 Å². The standard InChI is InChI=1S/C15H15FN2O2/c1-8-13(10(3)19)9(2)17-14(8)15(20)18-12-6-4-11(16)5-7-12/h4-7,17H,1-3H3,(H,18,20).